The van der Waals surface area contributed by atoms with Crippen LogP contribution in [-0.2, 0) is 9.57 Å². The molecule has 0 aromatic rings. The first-order chi connectivity index (χ1) is 6.97. The molecule has 0 aromatic carbocycles. The summed E-state index contributed by atoms with van der Waals surface area (Å²) >= 11 is 0. The average molecular weight is 189 g/mol. The lowest BCUT2D eigenvalue weighted by Crippen LogP contribution is -2.01. The highest BCUT2D eigenvalue weighted by Crippen LogP contribution is 2.09. The normalized spacial score (nSPS) is 18.9. The molecule has 0 aromatic heterocycles. The van der Waals surface area contributed by atoms with Gasteiger partial charge in [0.1, 0.15) is 6.26 Å². The summed E-state index contributed by atoms with van der Waals surface area (Å²) in [7, 11) is 0. The van der Waals surface area contributed by atoms with Crippen LogP contribution in [0.25, 0.3) is 0 Å². The van der Waals surface area contributed by atoms with Crippen molar-refractivity contribution in [1.82, 2.24) is 0 Å². The zero-order valence-electron chi connectivity index (χ0n) is 7.20. The maximum absolute atomic E-state index is 5.19. The number of aliphatic imine (C=N–C) groups is 1. The van der Waals surface area contributed by atoms with Crippen LogP contribution in [-0.4, -0.2) is 5.90 Å². The predicted octanol–water partition coefficient (Wildman–Crippen LogP) is 2.24. The van der Waals surface area contributed by atoms with Crippen LogP contribution >= 0.6 is 0 Å². The smallest absolute Gasteiger partial charge is 0.246 e. The van der Waals surface area contributed by atoms with Crippen molar-refractivity contribution in [1.29, 1.82) is 0 Å². The van der Waals surface area contributed by atoms with Crippen LogP contribution in [0.15, 0.2) is 64.1 Å². The Bertz CT molecular complexity index is 389. The van der Waals surface area contributed by atoms with Gasteiger partial charge in [-0.2, -0.15) is 0 Å². The fourth-order valence-corrected chi connectivity index (χ4v) is 0.874. The van der Waals surface area contributed by atoms with E-state index in [1.165, 1.54) is 12.5 Å². The van der Waals surface area contributed by atoms with Gasteiger partial charge >= 0.3 is 0 Å². The maximum Gasteiger partial charge on any atom is 0.246 e. The molecule has 0 radical (unpaired) electrons. The monoisotopic (exact) mass is 189 g/mol. The summed E-state index contributed by atoms with van der Waals surface area (Å²) in [5, 5.41) is 7.19. The highest BCUT2D eigenvalue weighted by molar-refractivity contribution is 5.94. The third kappa shape index (κ3) is 1.95. The zero-order valence-corrected chi connectivity index (χ0v) is 7.20. The molecule has 0 atom stereocenters. The summed E-state index contributed by atoms with van der Waals surface area (Å²) in [6, 6.07) is 0. The van der Waals surface area contributed by atoms with Crippen LogP contribution in [0, 0.1) is 0 Å². The van der Waals surface area contributed by atoms with Crippen LogP contribution in [0.1, 0.15) is 0 Å². The molecular weight excluding hydrogens is 182 g/mol. The van der Waals surface area contributed by atoms with Crippen molar-refractivity contribution < 1.29 is 9.57 Å². The summed E-state index contributed by atoms with van der Waals surface area (Å²) < 4.78 is 5.19. The lowest BCUT2D eigenvalue weighted by molar-refractivity contribution is 0.242. The minimum absolute atomic E-state index is 0.383. The fraction of sp³-hybridized carbons (Fsp3) is 0. The van der Waals surface area contributed by atoms with Crippen LogP contribution in [0.4, 0.5) is 0 Å². The molecule has 0 spiro atoms. The number of hydrogen-bond acceptors (Lipinski definition) is 5. The van der Waals surface area contributed by atoms with Crippen molar-refractivity contribution in [2.75, 3.05) is 0 Å². The van der Waals surface area contributed by atoms with E-state index < -0.39 is 0 Å². The minimum atomic E-state index is 0.383. The molecule has 0 amide bonds. The Labute approximate surface area is 80.4 Å². The Morgan fingerprint density at radius 2 is 2.07 bits per heavy atom. The number of ether oxygens (including phenoxy) is 1. The van der Waals surface area contributed by atoms with Crippen molar-refractivity contribution in [3.05, 3.63) is 48.7 Å². The van der Waals surface area contributed by atoms with E-state index in [2.05, 4.69) is 20.2 Å². The summed E-state index contributed by atoms with van der Waals surface area (Å²) in [4.78, 5) is 8.65. The molecule has 0 bridgehead atoms. The van der Waals surface area contributed by atoms with E-state index in [0.29, 0.717) is 11.6 Å². The molecule has 0 unspecified atom stereocenters. The van der Waals surface area contributed by atoms with E-state index in [0.717, 1.165) is 0 Å². The molecule has 5 nitrogen and oxygen atoms in total. The lowest BCUT2D eigenvalue weighted by Gasteiger charge is -2.00. The number of nitrogens with zero attached hydrogens (tertiary/aromatic N) is 3. The average Bonchev–Trinajstić information content (AvgIpc) is 2.62. The van der Waals surface area contributed by atoms with Gasteiger partial charge in [0.05, 0.1) is 6.26 Å². The minimum Gasteiger partial charge on any atom is -0.445 e. The highest BCUT2D eigenvalue weighted by Gasteiger charge is 2.08. The highest BCUT2D eigenvalue weighted by atomic mass is 16.6. The standard InChI is InChI=1S/C9H7N3O2/c1-2-6-13-9(10-5-1)8-4-3-7-14-12-11-8/h1-7H. The summed E-state index contributed by atoms with van der Waals surface area (Å²) in [5.41, 5.74) is 0.509. The topological polar surface area (TPSA) is 55.5 Å². The lowest BCUT2D eigenvalue weighted by atomic mass is 10.4. The Kier molecular flexibility index (Phi) is 2.51. The molecule has 0 fully saturated rings. The van der Waals surface area contributed by atoms with Gasteiger partial charge in [0.2, 0.25) is 5.90 Å². The van der Waals surface area contributed by atoms with Gasteiger partial charge < -0.3 is 9.57 Å². The summed E-state index contributed by atoms with van der Waals surface area (Å²) in [5.74, 6) is 0.383. The van der Waals surface area contributed by atoms with Gasteiger partial charge in [-0.3, -0.25) is 0 Å². The summed E-state index contributed by atoms with van der Waals surface area (Å²) in [6.45, 7) is 0. The first-order valence-electron chi connectivity index (χ1n) is 3.97. The second-order valence-corrected chi connectivity index (χ2v) is 2.39. The molecule has 14 heavy (non-hydrogen) atoms. The molecule has 0 N–H and O–H groups in total. The molecule has 0 saturated heterocycles. The van der Waals surface area contributed by atoms with E-state index >= 15 is 0 Å². The quantitative estimate of drug-likeness (QED) is 0.635. The van der Waals surface area contributed by atoms with Gasteiger partial charge in [-0.05, 0) is 24.3 Å². The molecule has 2 heterocycles. The fourth-order valence-electron chi connectivity index (χ4n) is 0.874. The van der Waals surface area contributed by atoms with Crippen LogP contribution < -0.4 is 0 Å². The number of rotatable bonds is 1. The molecule has 2 aliphatic rings. The SMILES string of the molecule is C1=CN=C(C2=CC=CON=N2)OC=C1. The first-order valence-corrected chi connectivity index (χ1v) is 3.97. The van der Waals surface area contributed by atoms with Crippen molar-refractivity contribution in [2.45, 2.75) is 0 Å². The van der Waals surface area contributed by atoms with Crippen molar-refractivity contribution in [3.63, 3.8) is 0 Å². The summed E-state index contributed by atoms with van der Waals surface area (Å²) in [6.07, 6.45) is 11.4. The molecule has 2 aliphatic heterocycles. The molecular formula is C9H7N3O2. The molecule has 70 valence electrons. The maximum atomic E-state index is 5.19. The molecule has 5 heteroatoms. The van der Waals surface area contributed by atoms with Gasteiger partial charge in [0.25, 0.3) is 0 Å². The Morgan fingerprint density at radius 3 is 3.07 bits per heavy atom. The Hall–Kier alpha value is -2.17. The van der Waals surface area contributed by atoms with Crippen molar-refractivity contribution in [3.8, 4) is 0 Å². The van der Waals surface area contributed by atoms with E-state index in [9.17, 15) is 0 Å². The number of allylic oxidation sites excluding steroid dienone is 4. The molecule has 0 aliphatic carbocycles. The van der Waals surface area contributed by atoms with Crippen molar-refractivity contribution >= 4 is 5.90 Å². The second-order valence-electron chi connectivity index (χ2n) is 2.39. The van der Waals surface area contributed by atoms with E-state index in [1.807, 2.05) is 0 Å². The third-order valence-corrected chi connectivity index (χ3v) is 1.46. The predicted molar refractivity (Wildman–Crippen MR) is 50.0 cm³/mol. The molecule has 0 saturated carbocycles. The van der Waals surface area contributed by atoms with Gasteiger partial charge in [0.15, 0.2) is 5.70 Å². The zero-order chi connectivity index (χ0) is 9.64. The van der Waals surface area contributed by atoms with Crippen molar-refractivity contribution in [2.24, 2.45) is 15.4 Å². The van der Waals surface area contributed by atoms with E-state index in [-0.39, 0.29) is 0 Å². The largest absolute Gasteiger partial charge is 0.445 e. The van der Waals surface area contributed by atoms with Gasteiger partial charge in [-0.25, -0.2) is 4.99 Å². The van der Waals surface area contributed by atoms with Gasteiger partial charge in [0, 0.05) is 11.5 Å². The Balaban J connectivity index is 2.25. The van der Waals surface area contributed by atoms with Gasteiger partial charge in [-0.15, -0.1) is 5.11 Å². The first kappa shape index (κ1) is 8.43. The van der Waals surface area contributed by atoms with E-state index in [1.54, 1.807) is 30.5 Å². The van der Waals surface area contributed by atoms with Gasteiger partial charge in [-0.1, -0.05) is 0 Å². The third-order valence-electron chi connectivity index (χ3n) is 1.46. The number of hydrogen-bond donors (Lipinski definition) is 0. The van der Waals surface area contributed by atoms with Crippen LogP contribution in [0.2, 0.25) is 0 Å². The Morgan fingerprint density at radius 1 is 1.07 bits per heavy atom. The second kappa shape index (κ2) is 4.18. The van der Waals surface area contributed by atoms with Crippen LogP contribution in [0.3, 0.4) is 0 Å². The van der Waals surface area contributed by atoms with E-state index in [4.69, 9.17) is 4.74 Å². The van der Waals surface area contributed by atoms with Crippen LogP contribution in [0.5, 0.6) is 0 Å². The molecule has 2 rings (SSSR count).